The first-order valence-electron chi connectivity index (χ1n) is 8.14. The molecule has 0 unspecified atom stereocenters. The van der Waals surface area contributed by atoms with E-state index in [0.29, 0.717) is 12.4 Å². The summed E-state index contributed by atoms with van der Waals surface area (Å²) in [5.41, 5.74) is 2.63. The third-order valence-corrected chi connectivity index (χ3v) is 4.03. The predicted octanol–water partition coefficient (Wildman–Crippen LogP) is 3.06. The van der Waals surface area contributed by atoms with Crippen molar-refractivity contribution in [2.24, 2.45) is 0 Å². The maximum absolute atomic E-state index is 12.0. The minimum Gasteiger partial charge on any atom is -0.489 e. The van der Waals surface area contributed by atoms with Crippen LogP contribution < -0.4 is 10.1 Å². The summed E-state index contributed by atoms with van der Waals surface area (Å²) in [6.45, 7) is 4.10. The summed E-state index contributed by atoms with van der Waals surface area (Å²) >= 11 is 0. The van der Waals surface area contributed by atoms with E-state index in [-0.39, 0.29) is 17.5 Å². The highest BCUT2D eigenvalue weighted by Crippen LogP contribution is 2.21. The van der Waals surface area contributed by atoms with Crippen molar-refractivity contribution in [1.82, 2.24) is 10.5 Å². The molecule has 25 heavy (non-hydrogen) atoms. The Kier molecular flexibility index (Phi) is 4.85. The Labute approximate surface area is 146 Å². The zero-order valence-corrected chi connectivity index (χ0v) is 14.2. The van der Waals surface area contributed by atoms with Gasteiger partial charge in [0.1, 0.15) is 29.8 Å². The predicted molar refractivity (Wildman–Crippen MR) is 91.5 cm³/mol. The van der Waals surface area contributed by atoms with Crippen molar-refractivity contribution in [1.29, 1.82) is 5.26 Å². The van der Waals surface area contributed by atoms with Crippen molar-refractivity contribution < 1.29 is 14.1 Å². The van der Waals surface area contributed by atoms with E-state index in [2.05, 4.69) is 10.5 Å². The highest BCUT2D eigenvalue weighted by molar-refractivity contribution is 6.01. The fourth-order valence-corrected chi connectivity index (χ4v) is 2.33. The number of carbonyl (C=O) groups excluding carboxylic acids is 1. The van der Waals surface area contributed by atoms with Crippen LogP contribution in [0.5, 0.6) is 5.75 Å². The number of aromatic nitrogens is 1. The van der Waals surface area contributed by atoms with Gasteiger partial charge in [-0.15, -0.1) is 0 Å². The molecule has 0 bridgehead atoms. The van der Waals surface area contributed by atoms with Crippen molar-refractivity contribution in [3.05, 3.63) is 52.4 Å². The number of rotatable bonds is 6. The molecule has 1 aromatic heterocycles. The summed E-state index contributed by atoms with van der Waals surface area (Å²) in [7, 11) is 0. The highest BCUT2D eigenvalue weighted by atomic mass is 16.5. The standard InChI is InChI=1S/C19H19N3O3/c1-12-18(13(2)25-22-12)11-24-17-7-3-14(4-8-17)9-15(10-20)19(23)21-16-5-6-16/h3-4,7-9,16H,5-6,11H2,1-2H3,(H,21,23)/b15-9+. The number of hydrogen-bond acceptors (Lipinski definition) is 5. The molecule has 1 saturated carbocycles. The maximum atomic E-state index is 12.0. The first kappa shape index (κ1) is 16.8. The topological polar surface area (TPSA) is 88.2 Å². The Morgan fingerprint density at radius 3 is 2.68 bits per heavy atom. The molecule has 1 aliphatic carbocycles. The van der Waals surface area contributed by atoms with Gasteiger partial charge in [-0.2, -0.15) is 5.26 Å². The lowest BCUT2D eigenvalue weighted by molar-refractivity contribution is -0.117. The van der Waals surface area contributed by atoms with Crippen LogP contribution in [0.4, 0.5) is 0 Å². The van der Waals surface area contributed by atoms with Crippen LogP contribution in [0.25, 0.3) is 6.08 Å². The minimum absolute atomic E-state index is 0.108. The molecular weight excluding hydrogens is 318 g/mol. The number of hydrogen-bond donors (Lipinski definition) is 1. The highest BCUT2D eigenvalue weighted by Gasteiger charge is 2.24. The molecule has 1 fully saturated rings. The van der Waals surface area contributed by atoms with E-state index in [4.69, 9.17) is 14.5 Å². The first-order chi connectivity index (χ1) is 12.1. The molecule has 1 heterocycles. The first-order valence-corrected chi connectivity index (χ1v) is 8.14. The van der Waals surface area contributed by atoms with E-state index in [0.717, 1.165) is 35.4 Å². The lowest BCUT2D eigenvalue weighted by Gasteiger charge is -2.06. The normalized spacial score (nSPS) is 14.0. The van der Waals surface area contributed by atoms with Gasteiger partial charge in [0.25, 0.3) is 5.91 Å². The van der Waals surface area contributed by atoms with Gasteiger partial charge in [-0.05, 0) is 50.5 Å². The summed E-state index contributed by atoms with van der Waals surface area (Å²) in [6, 6.07) is 9.41. The Morgan fingerprint density at radius 2 is 2.12 bits per heavy atom. The Hall–Kier alpha value is -3.07. The minimum atomic E-state index is -0.316. The number of aryl methyl sites for hydroxylation is 2. The average molecular weight is 337 g/mol. The maximum Gasteiger partial charge on any atom is 0.262 e. The molecule has 2 aromatic rings. The van der Waals surface area contributed by atoms with Gasteiger partial charge < -0.3 is 14.6 Å². The van der Waals surface area contributed by atoms with E-state index >= 15 is 0 Å². The van der Waals surface area contributed by atoms with Crippen LogP contribution in [-0.4, -0.2) is 17.1 Å². The molecule has 1 aliphatic rings. The van der Waals surface area contributed by atoms with Crippen molar-refractivity contribution in [3.63, 3.8) is 0 Å². The van der Waals surface area contributed by atoms with Crippen LogP contribution in [0.1, 0.15) is 35.4 Å². The van der Waals surface area contributed by atoms with Crippen LogP contribution >= 0.6 is 0 Å². The smallest absolute Gasteiger partial charge is 0.262 e. The zero-order chi connectivity index (χ0) is 17.8. The molecule has 0 aliphatic heterocycles. The molecule has 3 rings (SSSR count). The molecule has 0 atom stereocenters. The molecule has 1 N–H and O–H groups in total. The van der Waals surface area contributed by atoms with Gasteiger partial charge in [0, 0.05) is 6.04 Å². The number of nitriles is 1. The van der Waals surface area contributed by atoms with Gasteiger partial charge in [0.05, 0.1) is 11.3 Å². The molecule has 0 radical (unpaired) electrons. The van der Waals surface area contributed by atoms with E-state index in [9.17, 15) is 4.79 Å². The van der Waals surface area contributed by atoms with Crippen molar-refractivity contribution in [2.75, 3.05) is 0 Å². The van der Waals surface area contributed by atoms with Crippen LogP contribution in [0, 0.1) is 25.2 Å². The summed E-state index contributed by atoms with van der Waals surface area (Å²) in [5.74, 6) is 1.12. The molecule has 6 heteroatoms. The lowest BCUT2D eigenvalue weighted by Crippen LogP contribution is -2.26. The lowest BCUT2D eigenvalue weighted by atomic mass is 10.1. The monoisotopic (exact) mass is 337 g/mol. The largest absolute Gasteiger partial charge is 0.489 e. The van der Waals surface area contributed by atoms with E-state index in [1.165, 1.54) is 0 Å². The van der Waals surface area contributed by atoms with Crippen LogP contribution in [0.3, 0.4) is 0 Å². The molecule has 0 spiro atoms. The SMILES string of the molecule is Cc1noc(C)c1COc1ccc(/C=C(\C#N)C(=O)NC2CC2)cc1. The Balaban J connectivity index is 1.64. The molecule has 0 saturated heterocycles. The van der Waals surface area contributed by atoms with Crippen LogP contribution in [0.2, 0.25) is 0 Å². The number of nitrogens with one attached hydrogen (secondary N) is 1. The van der Waals surface area contributed by atoms with Crippen molar-refractivity contribution in [2.45, 2.75) is 39.3 Å². The number of benzene rings is 1. The second-order valence-corrected chi connectivity index (χ2v) is 6.08. The summed E-state index contributed by atoms with van der Waals surface area (Å²) < 4.78 is 10.8. The number of amides is 1. The van der Waals surface area contributed by atoms with Gasteiger partial charge in [0.15, 0.2) is 0 Å². The van der Waals surface area contributed by atoms with Gasteiger partial charge in [-0.1, -0.05) is 17.3 Å². The van der Waals surface area contributed by atoms with E-state index < -0.39 is 0 Å². The van der Waals surface area contributed by atoms with Gasteiger partial charge in [-0.25, -0.2) is 0 Å². The molecule has 1 amide bonds. The Morgan fingerprint density at radius 1 is 1.40 bits per heavy atom. The second kappa shape index (κ2) is 7.22. The van der Waals surface area contributed by atoms with Crippen molar-refractivity contribution in [3.8, 4) is 11.8 Å². The third kappa shape index (κ3) is 4.27. The second-order valence-electron chi connectivity index (χ2n) is 6.08. The summed E-state index contributed by atoms with van der Waals surface area (Å²) in [6.07, 6.45) is 3.55. The van der Waals surface area contributed by atoms with Crippen LogP contribution in [0.15, 0.2) is 34.4 Å². The number of nitrogens with zero attached hydrogens (tertiary/aromatic N) is 2. The molecule has 1 aromatic carbocycles. The van der Waals surface area contributed by atoms with Crippen molar-refractivity contribution >= 4 is 12.0 Å². The molecule has 128 valence electrons. The van der Waals surface area contributed by atoms with Crippen LogP contribution in [-0.2, 0) is 11.4 Å². The average Bonchev–Trinajstić information content (AvgIpc) is 3.37. The fraction of sp³-hybridized carbons (Fsp3) is 0.316. The summed E-state index contributed by atoms with van der Waals surface area (Å²) in [5, 5.41) is 15.9. The summed E-state index contributed by atoms with van der Waals surface area (Å²) in [4.78, 5) is 12.0. The Bertz CT molecular complexity index is 820. The third-order valence-electron chi connectivity index (χ3n) is 4.03. The molecule has 6 nitrogen and oxygen atoms in total. The zero-order valence-electron chi connectivity index (χ0n) is 14.2. The quantitative estimate of drug-likeness (QED) is 0.646. The number of ether oxygens (including phenoxy) is 1. The van der Waals surface area contributed by atoms with Gasteiger partial charge in [0.2, 0.25) is 0 Å². The van der Waals surface area contributed by atoms with E-state index in [1.54, 1.807) is 18.2 Å². The van der Waals surface area contributed by atoms with Gasteiger partial charge in [-0.3, -0.25) is 4.79 Å². The van der Waals surface area contributed by atoms with Gasteiger partial charge >= 0.3 is 0 Å². The molecular formula is C19H19N3O3. The number of carbonyl (C=O) groups is 1. The van der Waals surface area contributed by atoms with E-state index in [1.807, 2.05) is 32.0 Å². The fourth-order valence-electron chi connectivity index (χ4n) is 2.33.